The Morgan fingerprint density at radius 1 is 1.78 bits per heavy atom. The Morgan fingerprint density at radius 3 is 2.78 bits per heavy atom. The zero-order chi connectivity index (χ0) is 6.69. The van der Waals surface area contributed by atoms with Gasteiger partial charge in [-0.1, -0.05) is 0 Å². The third-order valence-electron chi connectivity index (χ3n) is 1.46. The van der Waals surface area contributed by atoms with Gasteiger partial charge in [-0.25, -0.2) is 0 Å². The smallest absolute Gasteiger partial charge is 0.0927 e. The number of nitrogens with one attached hydrogen (secondary N) is 2. The molecule has 1 saturated heterocycles. The maximum atomic E-state index is 8.37. The first-order valence-corrected chi connectivity index (χ1v) is 3.19. The largest absolute Gasteiger partial charge is 0.314 e. The van der Waals surface area contributed by atoms with Gasteiger partial charge in [-0.15, -0.1) is 0 Å². The molecule has 0 aromatic heterocycles. The fourth-order valence-electron chi connectivity index (χ4n) is 0.797. The van der Waals surface area contributed by atoms with Gasteiger partial charge in [0, 0.05) is 19.1 Å². The standard InChI is InChI=1S/C6H11N3/c1-5(2-7)9-6-3-8-4-6/h5-6,8-9H,3-4H2,1H3. The molecule has 0 radical (unpaired) electrons. The third kappa shape index (κ3) is 1.67. The van der Waals surface area contributed by atoms with Gasteiger partial charge in [0.2, 0.25) is 0 Å². The van der Waals surface area contributed by atoms with Gasteiger partial charge in [0.25, 0.3) is 0 Å². The van der Waals surface area contributed by atoms with Crippen LogP contribution in [0.3, 0.4) is 0 Å². The van der Waals surface area contributed by atoms with Crippen molar-refractivity contribution in [2.45, 2.75) is 19.0 Å². The third-order valence-corrected chi connectivity index (χ3v) is 1.46. The minimum atomic E-state index is -0.00269. The van der Waals surface area contributed by atoms with Crippen molar-refractivity contribution in [2.24, 2.45) is 0 Å². The lowest BCUT2D eigenvalue weighted by atomic mass is 10.1. The molecular weight excluding hydrogens is 114 g/mol. The first-order valence-electron chi connectivity index (χ1n) is 3.19. The van der Waals surface area contributed by atoms with Gasteiger partial charge in [0.05, 0.1) is 12.1 Å². The average Bonchev–Trinajstić information content (AvgIpc) is 1.78. The molecule has 1 fully saturated rings. The number of nitriles is 1. The van der Waals surface area contributed by atoms with E-state index < -0.39 is 0 Å². The van der Waals surface area contributed by atoms with Crippen LogP contribution in [0.5, 0.6) is 0 Å². The Balaban J connectivity index is 2.10. The monoisotopic (exact) mass is 125 g/mol. The van der Waals surface area contributed by atoms with Gasteiger partial charge in [0.1, 0.15) is 0 Å². The molecule has 0 amide bonds. The molecule has 1 atom stereocenters. The summed E-state index contributed by atoms with van der Waals surface area (Å²) in [6.45, 7) is 3.89. The quantitative estimate of drug-likeness (QED) is 0.521. The van der Waals surface area contributed by atoms with Crippen molar-refractivity contribution >= 4 is 0 Å². The van der Waals surface area contributed by atoms with Crippen LogP contribution in [0.25, 0.3) is 0 Å². The molecule has 9 heavy (non-hydrogen) atoms. The summed E-state index contributed by atoms with van der Waals surface area (Å²) in [7, 11) is 0. The molecule has 0 bridgehead atoms. The second-order valence-corrected chi connectivity index (χ2v) is 2.37. The van der Waals surface area contributed by atoms with E-state index >= 15 is 0 Å². The maximum Gasteiger partial charge on any atom is 0.0927 e. The summed E-state index contributed by atoms with van der Waals surface area (Å²) in [6, 6.07) is 2.65. The van der Waals surface area contributed by atoms with Crippen molar-refractivity contribution in [1.29, 1.82) is 5.26 Å². The maximum absolute atomic E-state index is 8.37. The number of hydrogen-bond acceptors (Lipinski definition) is 3. The van der Waals surface area contributed by atoms with Gasteiger partial charge in [-0.2, -0.15) is 5.26 Å². The van der Waals surface area contributed by atoms with Gasteiger partial charge < -0.3 is 5.32 Å². The Bertz CT molecular complexity index is 123. The molecule has 0 aliphatic carbocycles. The zero-order valence-corrected chi connectivity index (χ0v) is 5.52. The highest BCUT2D eigenvalue weighted by Gasteiger charge is 2.17. The predicted molar refractivity (Wildman–Crippen MR) is 34.9 cm³/mol. The van der Waals surface area contributed by atoms with Crippen LogP contribution in [-0.4, -0.2) is 25.2 Å². The minimum Gasteiger partial charge on any atom is -0.314 e. The molecule has 0 aromatic carbocycles. The van der Waals surface area contributed by atoms with Crippen molar-refractivity contribution in [3.8, 4) is 6.07 Å². The molecule has 1 aliphatic heterocycles. The van der Waals surface area contributed by atoms with Gasteiger partial charge in [-0.3, -0.25) is 5.32 Å². The molecule has 1 unspecified atom stereocenters. The van der Waals surface area contributed by atoms with E-state index in [2.05, 4.69) is 16.7 Å². The summed E-state index contributed by atoms with van der Waals surface area (Å²) in [5.41, 5.74) is 0. The van der Waals surface area contributed by atoms with E-state index in [1.165, 1.54) is 0 Å². The van der Waals surface area contributed by atoms with Crippen LogP contribution in [0.15, 0.2) is 0 Å². The van der Waals surface area contributed by atoms with Crippen LogP contribution in [0.4, 0.5) is 0 Å². The Hall–Kier alpha value is -0.590. The highest BCUT2D eigenvalue weighted by Crippen LogP contribution is 1.91. The highest BCUT2D eigenvalue weighted by molar-refractivity contribution is 4.92. The van der Waals surface area contributed by atoms with Crippen molar-refractivity contribution in [3.63, 3.8) is 0 Å². The van der Waals surface area contributed by atoms with E-state index in [1.807, 2.05) is 6.92 Å². The lowest BCUT2D eigenvalue weighted by Gasteiger charge is -2.28. The normalized spacial score (nSPS) is 22.2. The van der Waals surface area contributed by atoms with Crippen LogP contribution in [0.2, 0.25) is 0 Å². The lowest BCUT2D eigenvalue weighted by Crippen LogP contribution is -2.57. The molecule has 0 spiro atoms. The fraction of sp³-hybridized carbons (Fsp3) is 0.833. The van der Waals surface area contributed by atoms with E-state index in [-0.39, 0.29) is 6.04 Å². The molecule has 0 aromatic rings. The van der Waals surface area contributed by atoms with Crippen LogP contribution >= 0.6 is 0 Å². The number of hydrogen-bond donors (Lipinski definition) is 2. The topological polar surface area (TPSA) is 47.9 Å². The summed E-state index contributed by atoms with van der Waals surface area (Å²) >= 11 is 0. The molecule has 1 rings (SSSR count). The van der Waals surface area contributed by atoms with Crippen molar-refractivity contribution in [3.05, 3.63) is 0 Å². The SMILES string of the molecule is CC(C#N)NC1CNC1. The molecule has 1 aliphatic rings. The van der Waals surface area contributed by atoms with Crippen molar-refractivity contribution in [2.75, 3.05) is 13.1 Å². The minimum absolute atomic E-state index is 0.00269. The summed E-state index contributed by atoms with van der Waals surface area (Å²) < 4.78 is 0. The van der Waals surface area contributed by atoms with E-state index in [0.717, 1.165) is 13.1 Å². The number of rotatable bonds is 2. The van der Waals surface area contributed by atoms with Crippen molar-refractivity contribution < 1.29 is 0 Å². The van der Waals surface area contributed by atoms with Crippen LogP contribution < -0.4 is 10.6 Å². The second-order valence-electron chi connectivity index (χ2n) is 2.37. The van der Waals surface area contributed by atoms with E-state index in [1.54, 1.807) is 0 Å². The van der Waals surface area contributed by atoms with E-state index in [0.29, 0.717) is 6.04 Å². The molecular formula is C6H11N3. The first kappa shape index (κ1) is 6.53. The molecule has 3 nitrogen and oxygen atoms in total. The molecule has 2 N–H and O–H groups in total. The molecule has 1 heterocycles. The van der Waals surface area contributed by atoms with Gasteiger partial charge in [-0.05, 0) is 6.92 Å². The van der Waals surface area contributed by atoms with Gasteiger partial charge in [0.15, 0.2) is 0 Å². The van der Waals surface area contributed by atoms with E-state index in [9.17, 15) is 0 Å². The van der Waals surface area contributed by atoms with Crippen LogP contribution in [0.1, 0.15) is 6.92 Å². The summed E-state index contributed by atoms with van der Waals surface area (Å²) in [5.74, 6) is 0. The fourth-order valence-corrected chi connectivity index (χ4v) is 0.797. The summed E-state index contributed by atoms with van der Waals surface area (Å²) in [6.07, 6.45) is 0. The zero-order valence-electron chi connectivity index (χ0n) is 5.52. The average molecular weight is 125 g/mol. The molecule has 0 saturated carbocycles. The molecule has 3 heteroatoms. The van der Waals surface area contributed by atoms with Gasteiger partial charge >= 0.3 is 0 Å². The van der Waals surface area contributed by atoms with Crippen LogP contribution in [0, 0.1) is 11.3 Å². The Morgan fingerprint density at radius 2 is 2.44 bits per heavy atom. The predicted octanol–water partition coefficient (Wildman–Crippen LogP) is -0.540. The van der Waals surface area contributed by atoms with Crippen LogP contribution in [-0.2, 0) is 0 Å². The summed E-state index contributed by atoms with van der Waals surface area (Å²) in [4.78, 5) is 0. The number of nitrogens with zero attached hydrogens (tertiary/aromatic N) is 1. The Labute approximate surface area is 55.1 Å². The van der Waals surface area contributed by atoms with Crippen molar-refractivity contribution in [1.82, 2.24) is 10.6 Å². The first-order chi connectivity index (χ1) is 4.33. The lowest BCUT2D eigenvalue weighted by molar-refractivity contribution is 0.356. The van der Waals surface area contributed by atoms with E-state index in [4.69, 9.17) is 5.26 Å². The second kappa shape index (κ2) is 2.81. The highest BCUT2D eigenvalue weighted by atomic mass is 15.1. The Kier molecular flexibility index (Phi) is 2.04. The summed E-state index contributed by atoms with van der Waals surface area (Å²) in [5, 5.41) is 14.6. The molecule has 50 valence electrons.